The quantitative estimate of drug-likeness (QED) is 0.467. The summed E-state index contributed by atoms with van der Waals surface area (Å²) in [5.41, 5.74) is 0.301. The van der Waals surface area contributed by atoms with Crippen molar-refractivity contribution in [2.75, 3.05) is 13.2 Å². The second-order valence-corrected chi connectivity index (χ2v) is 11.3. The Hall–Kier alpha value is -2.89. The Morgan fingerprint density at radius 1 is 1.25 bits per heavy atom. The second-order valence-electron chi connectivity index (χ2n) is 10.2. The van der Waals surface area contributed by atoms with Gasteiger partial charge >= 0.3 is 12.1 Å². The van der Waals surface area contributed by atoms with Crippen molar-refractivity contribution in [1.82, 2.24) is 15.2 Å². The number of fused-ring (bicyclic) bond motifs is 3. The third-order valence-corrected chi connectivity index (χ3v) is 7.25. The molecule has 0 aliphatic carbocycles. The molecule has 2 aliphatic heterocycles. The molecule has 0 saturated carbocycles. The van der Waals surface area contributed by atoms with Crippen LogP contribution in [0.15, 0.2) is 30.5 Å². The van der Waals surface area contributed by atoms with Crippen molar-refractivity contribution in [2.45, 2.75) is 58.2 Å². The molecule has 1 aromatic heterocycles. The first-order valence-electron chi connectivity index (χ1n) is 11.9. The van der Waals surface area contributed by atoms with Gasteiger partial charge in [-0.25, -0.2) is 14.6 Å². The van der Waals surface area contributed by atoms with Crippen LogP contribution in [-0.2, 0) is 14.3 Å². The van der Waals surface area contributed by atoms with Gasteiger partial charge in [0.25, 0.3) is 0 Å². The summed E-state index contributed by atoms with van der Waals surface area (Å²) in [7, 11) is 0. The predicted molar refractivity (Wildman–Crippen MR) is 143 cm³/mol. The second kappa shape index (κ2) is 10.6. The summed E-state index contributed by atoms with van der Waals surface area (Å²) in [5.74, 6) is -1.20. The van der Waals surface area contributed by atoms with E-state index in [-0.39, 0.29) is 19.6 Å². The maximum atomic E-state index is 13.6. The maximum Gasteiger partial charge on any atom is 0.407 e. The van der Waals surface area contributed by atoms with Crippen LogP contribution in [0.4, 0.5) is 4.79 Å². The molecule has 2 amide bonds. The molecular formula is C26H30IN3O6. The molecule has 1 fully saturated rings. The number of carbonyl (C=O) groups excluding carboxylic acids is 2. The number of alkyl carbamates (subject to hydrolysis) is 1. The van der Waals surface area contributed by atoms with Crippen molar-refractivity contribution < 1.29 is 29.0 Å². The summed E-state index contributed by atoms with van der Waals surface area (Å²) < 4.78 is 12.6. The van der Waals surface area contributed by atoms with Crippen molar-refractivity contribution in [3.05, 3.63) is 39.6 Å². The number of aromatic nitrogens is 1. The molecule has 3 atom stereocenters. The van der Waals surface area contributed by atoms with Crippen LogP contribution in [0.3, 0.4) is 0 Å². The molecular weight excluding hydrogens is 577 g/mol. The molecule has 1 aromatic carbocycles. The number of halogens is 1. The van der Waals surface area contributed by atoms with Gasteiger partial charge in [-0.05, 0) is 64.6 Å². The number of hydrogen-bond donors (Lipinski definition) is 2. The van der Waals surface area contributed by atoms with E-state index >= 15 is 0 Å². The summed E-state index contributed by atoms with van der Waals surface area (Å²) in [6.07, 6.45) is 5.85. The lowest BCUT2D eigenvalue weighted by Gasteiger charge is -2.34. The summed E-state index contributed by atoms with van der Waals surface area (Å²) in [5, 5.41) is 14.4. The number of pyridine rings is 1. The van der Waals surface area contributed by atoms with Gasteiger partial charge in [0.05, 0.1) is 13.2 Å². The van der Waals surface area contributed by atoms with Gasteiger partial charge in [0.2, 0.25) is 11.8 Å². The van der Waals surface area contributed by atoms with E-state index in [0.717, 1.165) is 19.9 Å². The molecule has 4 bridgehead atoms. The van der Waals surface area contributed by atoms with Crippen LogP contribution in [0, 0.1) is 8.99 Å². The number of nitrogens with one attached hydrogen (secondary N) is 1. The van der Waals surface area contributed by atoms with Gasteiger partial charge in [-0.15, -0.1) is 0 Å². The number of rotatable bonds is 1. The largest absolute Gasteiger partial charge is 0.480 e. The maximum absolute atomic E-state index is 13.6. The summed E-state index contributed by atoms with van der Waals surface area (Å²) in [4.78, 5) is 43.9. The molecule has 10 heteroatoms. The van der Waals surface area contributed by atoms with E-state index in [1.54, 1.807) is 6.20 Å². The van der Waals surface area contributed by atoms with E-state index < -0.39 is 41.6 Å². The number of cyclic esters (lactones) is 1. The monoisotopic (exact) mass is 607 g/mol. The minimum atomic E-state index is -1.12. The lowest BCUT2D eigenvalue weighted by molar-refractivity contribution is -0.150. The summed E-state index contributed by atoms with van der Waals surface area (Å²) in [6.45, 7) is 5.69. The summed E-state index contributed by atoms with van der Waals surface area (Å²) in [6, 6.07) is 3.92. The third kappa shape index (κ3) is 5.74. The highest BCUT2D eigenvalue weighted by Gasteiger charge is 2.46. The fourth-order valence-corrected chi connectivity index (χ4v) is 5.33. The fourth-order valence-electron chi connectivity index (χ4n) is 4.50. The van der Waals surface area contributed by atoms with Crippen molar-refractivity contribution in [3.63, 3.8) is 0 Å². The van der Waals surface area contributed by atoms with Crippen molar-refractivity contribution in [2.24, 2.45) is 5.41 Å². The van der Waals surface area contributed by atoms with Gasteiger partial charge < -0.3 is 24.8 Å². The molecule has 9 nitrogen and oxygen atoms in total. The number of allylic oxidation sites excluding steroid dienone is 1. The van der Waals surface area contributed by atoms with Crippen LogP contribution in [0.2, 0.25) is 0 Å². The first-order chi connectivity index (χ1) is 17.0. The fraction of sp³-hybridized carbons (Fsp3) is 0.462. The molecule has 36 heavy (non-hydrogen) atoms. The van der Waals surface area contributed by atoms with Gasteiger partial charge in [-0.1, -0.05) is 32.9 Å². The van der Waals surface area contributed by atoms with Gasteiger partial charge in [0.15, 0.2) is 0 Å². The Kier molecular flexibility index (Phi) is 7.72. The number of carboxylic acid groups (broad SMARTS) is 1. The normalized spacial score (nSPS) is 24.4. The van der Waals surface area contributed by atoms with Gasteiger partial charge in [0.1, 0.15) is 18.2 Å². The molecule has 2 N–H and O–H groups in total. The van der Waals surface area contributed by atoms with Crippen LogP contribution in [-0.4, -0.2) is 64.3 Å². The number of hydrogen-bond acceptors (Lipinski definition) is 6. The zero-order chi connectivity index (χ0) is 26.0. The smallest absolute Gasteiger partial charge is 0.407 e. The van der Waals surface area contributed by atoms with Crippen molar-refractivity contribution >= 4 is 57.4 Å². The molecule has 192 valence electrons. The zero-order valence-corrected chi connectivity index (χ0v) is 22.7. The first kappa shape index (κ1) is 26.2. The minimum absolute atomic E-state index is 0.0634. The van der Waals surface area contributed by atoms with E-state index in [1.165, 1.54) is 4.90 Å². The molecule has 0 spiro atoms. The van der Waals surface area contributed by atoms with E-state index in [1.807, 2.05) is 45.1 Å². The molecule has 2 aliphatic rings. The Balaban J connectivity index is 1.74. The Labute approximate surface area is 223 Å². The minimum Gasteiger partial charge on any atom is -0.480 e. The molecule has 1 saturated heterocycles. The van der Waals surface area contributed by atoms with Crippen LogP contribution in [0.1, 0.15) is 45.6 Å². The van der Waals surface area contributed by atoms with Crippen molar-refractivity contribution in [1.29, 1.82) is 0 Å². The van der Waals surface area contributed by atoms with E-state index in [4.69, 9.17) is 9.47 Å². The summed E-state index contributed by atoms with van der Waals surface area (Å²) >= 11 is 2.28. The van der Waals surface area contributed by atoms with E-state index in [0.29, 0.717) is 18.7 Å². The van der Waals surface area contributed by atoms with Gasteiger partial charge in [0, 0.05) is 27.0 Å². The number of nitrogens with zero attached hydrogens (tertiary/aromatic N) is 2. The Bertz CT molecular complexity index is 1210. The predicted octanol–water partition coefficient (Wildman–Crippen LogP) is 4.22. The highest BCUT2D eigenvalue weighted by Crippen LogP contribution is 2.33. The molecule has 3 heterocycles. The number of amides is 2. The average Bonchev–Trinajstić information content (AvgIpc) is 3.23. The van der Waals surface area contributed by atoms with Crippen molar-refractivity contribution in [3.8, 4) is 5.88 Å². The van der Waals surface area contributed by atoms with Crippen LogP contribution >= 0.6 is 22.6 Å². The number of carbonyl (C=O) groups is 3. The Morgan fingerprint density at radius 3 is 2.75 bits per heavy atom. The van der Waals surface area contributed by atoms with Crippen LogP contribution in [0.25, 0.3) is 16.8 Å². The number of carboxylic acids is 1. The zero-order valence-electron chi connectivity index (χ0n) is 20.5. The van der Waals surface area contributed by atoms with Gasteiger partial charge in [-0.3, -0.25) is 4.79 Å². The van der Waals surface area contributed by atoms with Gasteiger partial charge in [-0.2, -0.15) is 0 Å². The molecule has 2 aromatic rings. The Morgan fingerprint density at radius 2 is 2.03 bits per heavy atom. The lowest BCUT2D eigenvalue weighted by Crippen LogP contribution is -2.57. The molecule has 0 unspecified atom stereocenters. The SMILES string of the molecule is CC(C)(C)[C@@H]1NC(=O)OCCC/C=C/c2cc(I)c3ccnc(c3c2)O[C@@H]2C[C@@H](C(=O)O)N(C2)C1=O. The number of benzene rings is 1. The van der Waals surface area contributed by atoms with Crippen LogP contribution < -0.4 is 10.1 Å². The molecule has 0 radical (unpaired) electrons. The molecule has 4 rings (SSSR count). The number of ether oxygens (including phenoxy) is 2. The van der Waals surface area contributed by atoms with E-state index in [2.05, 4.69) is 39.0 Å². The average molecular weight is 607 g/mol. The highest BCUT2D eigenvalue weighted by molar-refractivity contribution is 14.1. The van der Waals surface area contributed by atoms with E-state index in [9.17, 15) is 19.5 Å². The van der Waals surface area contributed by atoms with Crippen LogP contribution in [0.5, 0.6) is 5.88 Å². The number of aliphatic carboxylic acids is 1. The lowest BCUT2D eigenvalue weighted by atomic mass is 9.85. The standard InChI is InChI=1S/C26H30IN3O6/c1-26(2,3)21-23(31)30-14-16(13-20(30)24(32)33)36-22-18-11-15(12-19(27)17(18)8-9-28-22)7-5-4-6-10-35-25(34)29-21/h5,7-9,11-12,16,20-21H,4,6,10,13-14H2,1-3H3,(H,29,34)(H,32,33)/b7-5+/t16-,20+,21-/m1/s1. The first-order valence-corrected chi connectivity index (χ1v) is 13.0. The topological polar surface area (TPSA) is 118 Å². The third-order valence-electron chi connectivity index (χ3n) is 6.36. The highest BCUT2D eigenvalue weighted by atomic mass is 127.